The second-order valence-electron chi connectivity index (χ2n) is 9.85. The highest BCUT2D eigenvalue weighted by molar-refractivity contribution is 7.89. The van der Waals surface area contributed by atoms with E-state index in [1.165, 1.54) is 10.7 Å². The number of aromatic nitrogens is 2. The van der Waals surface area contributed by atoms with Gasteiger partial charge in [-0.05, 0) is 63.8 Å². The molecule has 0 fully saturated rings. The van der Waals surface area contributed by atoms with Crippen molar-refractivity contribution in [3.05, 3.63) is 68.9 Å². The fourth-order valence-corrected chi connectivity index (χ4v) is 5.09. The van der Waals surface area contributed by atoms with Crippen molar-refractivity contribution in [2.75, 3.05) is 6.54 Å². The van der Waals surface area contributed by atoms with E-state index >= 15 is 0 Å². The third kappa shape index (κ3) is 6.37. The average molecular weight is 544 g/mol. The molecule has 0 radical (unpaired) electrons. The van der Waals surface area contributed by atoms with Gasteiger partial charge in [0, 0.05) is 30.3 Å². The first kappa shape index (κ1) is 28.8. The summed E-state index contributed by atoms with van der Waals surface area (Å²) in [5, 5.41) is 18.8. The first-order valence-corrected chi connectivity index (χ1v) is 13.6. The molecule has 11 nitrogen and oxygen atoms in total. The Bertz CT molecular complexity index is 1480. The number of ether oxygens (including phenoxy) is 1. The highest BCUT2D eigenvalue weighted by Crippen LogP contribution is 2.36. The summed E-state index contributed by atoms with van der Waals surface area (Å²) in [6, 6.07) is 8.58. The fraction of sp³-hybridized carbons (Fsp3) is 0.385. The highest BCUT2D eigenvalue weighted by atomic mass is 32.2. The molecule has 0 spiro atoms. The first-order valence-electron chi connectivity index (χ1n) is 12.1. The number of nitrogens with one attached hydrogen (secondary N) is 2. The molecule has 1 amide bonds. The van der Waals surface area contributed by atoms with E-state index in [-0.39, 0.29) is 23.2 Å². The van der Waals surface area contributed by atoms with E-state index in [4.69, 9.17) is 4.74 Å². The molecule has 3 rings (SSSR count). The van der Waals surface area contributed by atoms with E-state index in [9.17, 15) is 23.3 Å². The topological polar surface area (TPSA) is 145 Å². The van der Waals surface area contributed by atoms with Gasteiger partial charge in [-0.1, -0.05) is 26.0 Å². The third-order valence-corrected chi connectivity index (χ3v) is 7.25. The van der Waals surface area contributed by atoms with Gasteiger partial charge >= 0.3 is 0 Å². The molecule has 0 saturated carbocycles. The number of sulfonamides is 1. The molecule has 0 atom stereocenters. The number of hydrogen-bond acceptors (Lipinski definition) is 7. The number of non-ortho nitro benzene ring substituents is 1. The van der Waals surface area contributed by atoms with Crippen LogP contribution in [0.4, 0.5) is 5.69 Å². The quantitative estimate of drug-likeness (QED) is 0.281. The van der Waals surface area contributed by atoms with Crippen LogP contribution in [-0.4, -0.2) is 41.6 Å². The minimum Gasteiger partial charge on any atom is -0.437 e. The van der Waals surface area contributed by atoms with Gasteiger partial charge in [0.2, 0.25) is 15.9 Å². The molecule has 3 aromatic rings. The maximum atomic E-state index is 13.1. The molecule has 2 aromatic carbocycles. The Morgan fingerprint density at radius 2 is 1.79 bits per heavy atom. The number of carbonyl (C=O) groups excluding carboxylic acids is 1. The van der Waals surface area contributed by atoms with Gasteiger partial charge in [0.25, 0.3) is 11.6 Å². The van der Waals surface area contributed by atoms with Crippen LogP contribution in [0.3, 0.4) is 0 Å². The molecule has 0 aliphatic heterocycles. The van der Waals surface area contributed by atoms with Gasteiger partial charge in [-0.15, -0.1) is 0 Å². The SMILES string of the molecule is Cc1ccc(C)c(-n2nc(C(=O)NCC(C)C)c(C)c2Oc2ccc([N+](=O)[O-])cc2S(=O)(=O)NC(C)C)c1. The minimum atomic E-state index is -4.19. The van der Waals surface area contributed by atoms with Gasteiger partial charge in [0.05, 0.1) is 10.6 Å². The second kappa shape index (κ2) is 11.3. The van der Waals surface area contributed by atoms with Crippen LogP contribution in [0.15, 0.2) is 41.3 Å². The molecule has 0 saturated heterocycles. The van der Waals surface area contributed by atoms with Crippen molar-refractivity contribution in [1.29, 1.82) is 0 Å². The highest BCUT2D eigenvalue weighted by Gasteiger charge is 2.28. The van der Waals surface area contributed by atoms with E-state index in [0.717, 1.165) is 23.3 Å². The lowest BCUT2D eigenvalue weighted by Crippen LogP contribution is -2.30. The molecule has 0 aliphatic rings. The molecule has 38 heavy (non-hydrogen) atoms. The van der Waals surface area contributed by atoms with Crippen LogP contribution in [0.25, 0.3) is 5.69 Å². The maximum absolute atomic E-state index is 13.1. The number of nitrogens with zero attached hydrogens (tertiary/aromatic N) is 3. The van der Waals surface area contributed by atoms with E-state index in [0.29, 0.717) is 17.8 Å². The van der Waals surface area contributed by atoms with Crippen LogP contribution in [0.2, 0.25) is 0 Å². The summed E-state index contributed by atoms with van der Waals surface area (Å²) in [6.45, 7) is 13.1. The zero-order valence-electron chi connectivity index (χ0n) is 22.5. The van der Waals surface area contributed by atoms with Gasteiger partial charge in [-0.25, -0.2) is 13.1 Å². The van der Waals surface area contributed by atoms with Crippen molar-refractivity contribution in [2.45, 2.75) is 59.4 Å². The zero-order chi connectivity index (χ0) is 28.4. The standard InChI is InChI=1S/C26H33N5O6S/c1-15(2)14-27-25(32)24-19(7)26(30(28-24)21-12-17(5)8-9-18(21)6)37-22-11-10-20(31(33)34)13-23(22)38(35,36)29-16(3)4/h8-13,15-16,29H,14H2,1-7H3,(H,27,32). The number of hydrogen-bond donors (Lipinski definition) is 2. The van der Waals surface area contributed by atoms with Crippen molar-refractivity contribution < 1.29 is 22.9 Å². The Balaban J connectivity index is 2.24. The van der Waals surface area contributed by atoms with Crippen LogP contribution < -0.4 is 14.8 Å². The molecule has 2 N–H and O–H groups in total. The Labute approximate surface area is 222 Å². The summed E-state index contributed by atoms with van der Waals surface area (Å²) in [5.41, 5.74) is 2.51. The molecule has 1 aromatic heterocycles. The minimum absolute atomic E-state index is 0.114. The van der Waals surface area contributed by atoms with Gasteiger partial charge in [-0.2, -0.15) is 9.78 Å². The molecule has 12 heteroatoms. The average Bonchev–Trinajstić information content (AvgIpc) is 3.14. The van der Waals surface area contributed by atoms with Crippen molar-refractivity contribution in [3.63, 3.8) is 0 Å². The molecular formula is C26H33N5O6S. The molecular weight excluding hydrogens is 510 g/mol. The van der Waals surface area contributed by atoms with Gasteiger partial charge in [0.15, 0.2) is 5.69 Å². The Morgan fingerprint density at radius 3 is 2.39 bits per heavy atom. The summed E-state index contributed by atoms with van der Waals surface area (Å²) in [4.78, 5) is 23.3. The van der Waals surface area contributed by atoms with E-state index in [1.807, 2.05) is 45.9 Å². The lowest BCUT2D eigenvalue weighted by atomic mass is 10.1. The first-order chi connectivity index (χ1) is 17.7. The number of nitro groups is 1. The second-order valence-corrected chi connectivity index (χ2v) is 11.5. The van der Waals surface area contributed by atoms with Crippen molar-refractivity contribution in [1.82, 2.24) is 19.8 Å². The molecule has 0 bridgehead atoms. The number of amides is 1. The van der Waals surface area contributed by atoms with Crippen LogP contribution in [-0.2, 0) is 10.0 Å². The van der Waals surface area contributed by atoms with Gasteiger partial charge in [0.1, 0.15) is 10.6 Å². The number of carbonyl (C=O) groups is 1. The summed E-state index contributed by atoms with van der Waals surface area (Å²) in [5.74, 6) is -0.212. The van der Waals surface area contributed by atoms with Crippen LogP contribution >= 0.6 is 0 Å². The number of rotatable bonds is 10. The fourth-order valence-electron chi connectivity index (χ4n) is 3.69. The Hall–Kier alpha value is -3.77. The van der Waals surface area contributed by atoms with Crippen molar-refractivity contribution in [3.8, 4) is 17.3 Å². The summed E-state index contributed by atoms with van der Waals surface area (Å²) >= 11 is 0. The molecule has 1 heterocycles. The molecule has 204 valence electrons. The maximum Gasteiger partial charge on any atom is 0.272 e. The van der Waals surface area contributed by atoms with Gasteiger partial charge in [-0.3, -0.25) is 14.9 Å². The monoisotopic (exact) mass is 543 g/mol. The Morgan fingerprint density at radius 1 is 1.11 bits per heavy atom. The Kier molecular flexibility index (Phi) is 8.58. The van der Waals surface area contributed by atoms with Crippen molar-refractivity contribution in [2.24, 2.45) is 5.92 Å². The number of nitro benzene ring substituents is 1. The predicted octanol–water partition coefficient (Wildman–Crippen LogP) is 4.57. The normalized spacial score (nSPS) is 11.7. The van der Waals surface area contributed by atoms with E-state index < -0.39 is 37.5 Å². The largest absolute Gasteiger partial charge is 0.437 e. The van der Waals surface area contributed by atoms with Crippen LogP contribution in [0.5, 0.6) is 11.6 Å². The lowest BCUT2D eigenvalue weighted by molar-refractivity contribution is -0.385. The number of aryl methyl sites for hydroxylation is 2. The van der Waals surface area contributed by atoms with Gasteiger partial charge < -0.3 is 10.1 Å². The molecule has 0 unspecified atom stereocenters. The summed E-state index contributed by atoms with van der Waals surface area (Å²) in [6.07, 6.45) is 0. The summed E-state index contributed by atoms with van der Waals surface area (Å²) < 4.78 is 36.3. The summed E-state index contributed by atoms with van der Waals surface area (Å²) in [7, 11) is -4.19. The van der Waals surface area contributed by atoms with Crippen LogP contribution in [0, 0.1) is 36.8 Å². The third-order valence-electron chi connectivity index (χ3n) is 5.57. The van der Waals surface area contributed by atoms with Crippen molar-refractivity contribution >= 4 is 21.6 Å². The molecule has 0 aliphatic carbocycles. The predicted molar refractivity (Wildman–Crippen MR) is 144 cm³/mol. The number of benzene rings is 2. The smallest absolute Gasteiger partial charge is 0.272 e. The van der Waals surface area contributed by atoms with E-state index in [1.54, 1.807) is 20.8 Å². The lowest BCUT2D eigenvalue weighted by Gasteiger charge is -2.16. The zero-order valence-corrected chi connectivity index (χ0v) is 23.3. The van der Waals surface area contributed by atoms with Crippen LogP contribution in [0.1, 0.15) is 54.9 Å². The van der Waals surface area contributed by atoms with E-state index in [2.05, 4.69) is 15.1 Å².